The zero-order valence-electron chi connectivity index (χ0n) is 16.0. The van der Waals surface area contributed by atoms with Gasteiger partial charge in [0.1, 0.15) is 5.82 Å². The Labute approximate surface area is 173 Å². The smallest absolute Gasteiger partial charge is 0.255 e. The van der Waals surface area contributed by atoms with Crippen LogP contribution in [0.1, 0.15) is 10.4 Å². The Morgan fingerprint density at radius 2 is 1.60 bits per heavy atom. The van der Waals surface area contributed by atoms with E-state index in [1.54, 1.807) is 18.3 Å². The maximum absolute atomic E-state index is 12.4. The average Bonchev–Trinajstić information content (AvgIpc) is 3.24. The summed E-state index contributed by atoms with van der Waals surface area (Å²) in [7, 11) is 0. The first-order valence-corrected chi connectivity index (χ1v) is 9.63. The Balaban J connectivity index is 1.39. The molecule has 5 aromatic rings. The van der Waals surface area contributed by atoms with Gasteiger partial charge in [-0.3, -0.25) is 9.78 Å². The second-order valence-corrected chi connectivity index (χ2v) is 6.96. The lowest BCUT2D eigenvalue weighted by Gasteiger charge is -2.04. The third-order valence-corrected chi connectivity index (χ3v) is 4.93. The predicted molar refractivity (Wildman–Crippen MR) is 119 cm³/mol. The number of fused-ring (bicyclic) bond motifs is 1. The summed E-state index contributed by atoms with van der Waals surface area (Å²) in [5.74, 6) is 0.644. The Kier molecular flexibility index (Phi) is 4.54. The lowest BCUT2D eigenvalue weighted by Crippen LogP contribution is -2.11. The van der Waals surface area contributed by atoms with Crippen LogP contribution in [-0.2, 0) is 0 Å². The van der Waals surface area contributed by atoms with Crippen molar-refractivity contribution in [2.45, 2.75) is 0 Å². The van der Waals surface area contributed by atoms with Gasteiger partial charge in [-0.05, 0) is 47.5 Å². The van der Waals surface area contributed by atoms with Gasteiger partial charge >= 0.3 is 0 Å². The molecule has 0 bridgehead atoms. The van der Waals surface area contributed by atoms with Crippen LogP contribution in [0.2, 0.25) is 0 Å². The highest BCUT2D eigenvalue weighted by Gasteiger charge is 2.09. The van der Waals surface area contributed by atoms with Crippen molar-refractivity contribution < 1.29 is 4.79 Å². The number of imidazole rings is 1. The van der Waals surface area contributed by atoms with Gasteiger partial charge in [-0.25, -0.2) is 4.98 Å². The van der Waals surface area contributed by atoms with E-state index in [9.17, 15) is 4.79 Å². The number of pyridine rings is 1. The topological polar surface area (TPSA) is 70.7 Å². The molecule has 1 amide bonds. The number of nitrogens with one attached hydrogen (secondary N) is 2. The zero-order valence-corrected chi connectivity index (χ0v) is 16.0. The van der Waals surface area contributed by atoms with Crippen molar-refractivity contribution in [2.24, 2.45) is 0 Å². The minimum Gasteiger partial charge on any atom is -0.338 e. The van der Waals surface area contributed by atoms with Crippen LogP contribution in [0.5, 0.6) is 0 Å². The maximum atomic E-state index is 12.4. The molecule has 2 heterocycles. The van der Waals surface area contributed by atoms with Crippen LogP contribution in [0.3, 0.4) is 0 Å². The number of aromatic nitrogens is 3. The molecule has 2 N–H and O–H groups in total. The summed E-state index contributed by atoms with van der Waals surface area (Å²) in [4.78, 5) is 24.6. The number of carbonyl (C=O) groups is 1. The van der Waals surface area contributed by atoms with Gasteiger partial charge in [-0.1, -0.05) is 48.5 Å². The second-order valence-electron chi connectivity index (χ2n) is 6.96. The third kappa shape index (κ3) is 3.56. The fourth-order valence-electron chi connectivity index (χ4n) is 3.37. The van der Waals surface area contributed by atoms with Gasteiger partial charge in [0.15, 0.2) is 0 Å². The molecule has 0 saturated carbocycles. The number of H-pyrrole nitrogens is 1. The molecule has 3 aromatic carbocycles. The van der Waals surface area contributed by atoms with Crippen LogP contribution in [0, 0.1) is 0 Å². The van der Waals surface area contributed by atoms with Crippen molar-refractivity contribution in [3.63, 3.8) is 0 Å². The summed E-state index contributed by atoms with van der Waals surface area (Å²) >= 11 is 0. The van der Waals surface area contributed by atoms with Gasteiger partial charge in [0.05, 0.1) is 11.0 Å². The van der Waals surface area contributed by atoms with Crippen molar-refractivity contribution in [3.8, 4) is 22.5 Å². The largest absolute Gasteiger partial charge is 0.338 e. The summed E-state index contributed by atoms with van der Waals surface area (Å²) in [6.07, 6.45) is 3.62. The minimum absolute atomic E-state index is 0.142. The normalized spacial score (nSPS) is 10.8. The van der Waals surface area contributed by atoms with E-state index >= 15 is 0 Å². The third-order valence-electron chi connectivity index (χ3n) is 4.93. The van der Waals surface area contributed by atoms with E-state index in [1.165, 1.54) is 0 Å². The SMILES string of the molecule is O=C(Nc1ccc2[nH]c(-c3ccc(-c4cccnc4)cc3)nc2c1)c1ccccc1. The molecule has 144 valence electrons. The van der Waals surface area contributed by atoms with E-state index in [1.807, 2.05) is 66.9 Å². The number of benzene rings is 3. The van der Waals surface area contributed by atoms with Crippen molar-refractivity contribution in [2.75, 3.05) is 5.32 Å². The summed E-state index contributed by atoms with van der Waals surface area (Å²) in [6, 6.07) is 27.0. The molecule has 0 atom stereocenters. The molecule has 0 aliphatic rings. The van der Waals surface area contributed by atoms with Gasteiger partial charge in [0.25, 0.3) is 5.91 Å². The number of carbonyl (C=O) groups excluding carboxylic acids is 1. The van der Waals surface area contributed by atoms with Crippen molar-refractivity contribution in [1.29, 1.82) is 0 Å². The molecular formula is C25H18N4O. The van der Waals surface area contributed by atoms with E-state index in [0.29, 0.717) is 11.3 Å². The van der Waals surface area contributed by atoms with E-state index in [2.05, 4.69) is 27.4 Å². The van der Waals surface area contributed by atoms with Gasteiger partial charge < -0.3 is 10.3 Å². The summed E-state index contributed by atoms with van der Waals surface area (Å²) in [5.41, 5.74) is 6.22. The molecule has 2 aromatic heterocycles. The fourth-order valence-corrected chi connectivity index (χ4v) is 3.37. The molecule has 0 aliphatic heterocycles. The highest BCUT2D eigenvalue weighted by molar-refractivity contribution is 6.05. The zero-order chi connectivity index (χ0) is 20.3. The van der Waals surface area contributed by atoms with Crippen molar-refractivity contribution in [3.05, 3.63) is 103 Å². The monoisotopic (exact) mass is 390 g/mol. The summed E-state index contributed by atoms with van der Waals surface area (Å²) < 4.78 is 0. The number of hydrogen-bond donors (Lipinski definition) is 2. The quantitative estimate of drug-likeness (QED) is 0.423. The molecule has 0 saturated heterocycles. The second kappa shape index (κ2) is 7.64. The lowest BCUT2D eigenvalue weighted by atomic mass is 10.1. The average molecular weight is 390 g/mol. The first-order chi connectivity index (χ1) is 14.8. The van der Waals surface area contributed by atoms with Crippen LogP contribution in [0.15, 0.2) is 97.3 Å². The molecule has 0 spiro atoms. The van der Waals surface area contributed by atoms with Crippen LogP contribution < -0.4 is 5.32 Å². The summed E-state index contributed by atoms with van der Waals surface area (Å²) in [6.45, 7) is 0. The van der Waals surface area contributed by atoms with Crippen LogP contribution in [-0.4, -0.2) is 20.9 Å². The Morgan fingerprint density at radius 1 is 0.800 bits per heavy atom. The molecular weight excluding hydrogens is 372 g/mol. The maximum Gasteiger partial charge on any atom is 0.255 e. The number of hydrogen-bond acceptors (Lipinski definition) is 3. The Hall–Kier alpha value is -4.25. The first-order valence-electron chi connectivity index (χ1n) is 9.63. The van der Waals surface area contributed by atoms with E-state index < -0.39 is 0 Å². The molecule has 0 radical (unpaired) electrons. The van der Waals surface area contributed by atoms with Gasteiger partial charge in [0, 0.05) is 29.2 Å². The Bertz CT molecular complexity index is 1310. The molecule has 0 aliphatic carbocycles. The number of amides is 1. The fraction of sp³-hybridized carbons (Fsp3) is 0. The number of aromatic amines is 1. The van der Waals surface area contributed by atoms with Crippen molar-refractivity contribution >= 4 is 22.6 Å². The number of nitrogens with zero attached hydrogens (tertiary/aromatic N) is 2. The minimum atomic E-state index is -0.142. The van der Waals surface area contributed by atoms with E-state index in [-0.39, 0.29) is 5.91 Å². The highest BCUT2D eigenvalue weighted by atomic mass is 16.1. The summed E-state index contributed by atoms with van der Waals surface area (Å²) in [5, 5.41) is 2.93. The number of anilines is 1. The highest BCUT2D eigenvalue weighted by Crippen LogP contribution is 2.26. The molecule has 5 rings (SSSR count). The van der Waals surface area contributed by atoms with E-state index in [4.69, 9.17) is 4.98 Å². The van der Waals surface area contributed by atoms with Gasteiger partial charge in [0.2, 0.25) is 0 Å². The van der Waals surface area contributed by atoms with Crippen LogP contribution in [0.4, 0.5) is 5.69 Å². The molecule has 5 heteroatoms. The molecule has 0 unspecified atom stereocenters. The first kappa shape index (κ1) is 17.8. The molecule has 5 nitrogen and oxygen atoms in total. The van der Waals surface area contributed by atoms with Crippen LogP contribution in [0.25, 0.3) is 33.5 Å². The standard InChI is InChI=1S/C25H18N4O/c30-25(19-5-2-1-3-6-19)27-21-12-13-22-23(15-21)29-24(28-22)18-10-8-17(9-11-18)20-7-4-14-26-16-20/h1-16H,(H,27,30)(H,28,29). The van der Waals surface area contributed by atoms with Gasteiger partial charge in [-0.2, -0.15) is 0 Å². The van der Waals surface area contributed by atoms with E-state index in [0.717, 1.165) is 33.5 Å². The number of rotatable bonds is 4. The lowest BCUT2D eigenvalue weighted by molar-refractivity contribution is 0.102. The predicted octanol–water partition coefficient (Wildman–Crippen LogP) is 5.54. The van der Waals surface area contributed by atoms with Gasteiger partial charge in [-0.15, -0.1) is 0 Å². The Morgan fingerprint density at radius 3 is 2.37 bits per heavy atom. The van der Waals surface area contributed by atoms with Crippen molar-refractivity contribution in [1.82, 2.24) is 15.0 Å². The molecule has 0 fully saturated rings. The molecule has 30 heavy (non-hydrogen) atoms. The van der Waals surface area contributed by atoms with Crippen LogP contribution >= 0.6 is 0 Å².